The van der Waals surface area contributed by atoms with Gasteiger partial charge in [0, 0.05) is 12.5 Å². The molecule has 1 N–H and O–H groups in total. The molecule has 4 aromatic rings. The molecule has 0 saturated heterocycles. The lowest BCUT2D eigenvalue weighted by Gasteiger charge is -2.14. The second kappa shape index (κ2) is 8.52. The average molecular weight is 422 g/mol. The van der Waals surface area contributed by atoms with E-state index in [1.165, 1.54) is 7.11 Å². The van der Waals surface area contributed by atoms with Gasteiger partial charge in [-0.25, -0.2) is 9.78 Å². The Bertz CT molecular complexity index is 1250. The highest BCUT2D eigenvalue weighted by atomic mass is 32.1. The molecule has 0 fully saturated rings. The molecular weight excluding hydrogens is 404 g/mol. The molecule has 0 unspecified atom stereocenters. The summed E-state index contributed by atoms with van der Waals surface area (Å²) < 4.78 is 18.8. The van der Waals surface area contributed by atoms with Gasteiger partial charge in [-0.3, -0.25) is 4.79 Å². The Morgan fingerprint density at radius 2 is 1.87 bits per heavy atom. The molecule has 8 nitrogen and oxygen atoms in total. The lowest BCUT2D eigenvalue weighted by atomic mass is 10.0. The van der Waals surface area contributed by atoms with Crippen molar-refractivity contribution in [2.75, 3.05) is 19.0 Å². The van der Waals surface area contributed by atoms with E-state index >= 15 is 0 Å². The van der Waals surface area contributed by atoms with Gasteiger partial charge in [-0.1, -0.05) is 24.3 Å². The minimum absolute atomic E-state index is 0.154. The number of nitrogens with one attached hydrogen (secondary N) is 1. The number of fused-ring (bicyclic) bond motifs is 2. The number of pyridine rings is 1. The van der Waals surface area contributed by atoms with Crippen LogP contribution in [0.4, 0.5) is 5.69 Å². The fourth-order valence-electron chi connectivity index (χ4n) is 3.25. The molecule has 0 aliphatic heterocycles. The minimum Gasteiger partial charge on any atom is -0.452 e. The van der Waals surface area contributed by atoms with Crippen LogP contribution >= 0.6 is 11.7 Å². The number of hydrogen-bond acceptors (Lipinski definition) is 8. The highest BCUT2D eigenvalue weighted by molar-refractivity contribution is 7.00. The number of para-hydroxylation sites is 1. The summed E-state index contributed by atoms with van der Waals surface area (Å²) in [5.41, 5.74) is 4.09. The third-order valence-electron chi connectivity index (χ3n) is 4.61. The van der Waals surface area contributed by atoms with E-state index in [2.05, 4.69) is 19.0 Å². The molecule has 30 heavy (non-hydrogen) atoms. The molecule has 9 heteroatoms. The molecule has 152 valence electrons. The number of carbonyl (C=O) groups is 2. The van der Waals surface area contributed by atoms with Crippen molar-refractivity contribution >= 4 is 51.2 Å². The number of rotatable bonds is 6. The normalized spacial score (nSPS) is 11.0. The fourth-order valence-corrected chi connectivity index (χ4v) is 3.80. The Hall–Kier alpha value is -3.43. The van der Waals surface area contributed by atoms with E-state index in [9.17, 15) is 9.59 Å². The molecule has 0 aliphatic rings. The van der Waals surface area contributed by atoms with Crippen molar-refractivity contribution in [1.29, 1.82) is 0 Å². The van der Waals surface area contributed by atoms with Crippen LogP contribution < -0.4 is 5.32 Å². The first-order valence-corrected chi connectivity index (χ1v) is 9.87. The van der Waals surface area contributed by atoms with E-state index < -0.39 is 18.5 Å². The van der Waals surface area contributed by atoms with Gasteiger partial charge < -0.3 is 14.8 Å². The second-order valence-corrected chi connectivity index (χ2v) is 7.10. The Labute approximate surface area is 176 Å². The standard InChI is InChI=1S/C21H18N4O4S/c1-12-13-6-3-4-7-14(13)22-17(10-28-2)19(12)21(27)29-11-18(26)23-15-8-5-9-16-20(15)25-30-24-16/h3-9H,10-11H2,1-2H3,(H,23,26). The summed E-state index contributed by atoms with van der Waals surface area (Å²) in [5.74, 6) is -1.09. The Balaban J connectivity index is 1.53. The largest absolute Gasteiger partial charge is 0.452 e. The first-order chi connectivity index (χ1) is 14.6. The molecule has 2 aromatic heterocycles. The van der Waals surface area contributed by atoms with Crippen molar-refractivity contribution in [2.45, 2.75) is 13.5 Å². The van der Waals surface area contributed by atoms with E-state index in [-0.39, 0.29) is 6.61 Å². The summed E-state index contributed by atoms with van der Waals surface area (Å²) in [4.78, 5) is 29.7. The number of anilines is 1. The number of methoxy groups -OCH3 is 1. The maximum Gasteiger partial charge on any atom is 0.340 e. The Morgan fingerprint density at radius 3 is 2.70 bits per heavy atom. The van der Waals surface area contributed by atoms with E-state index in [0.29, 0.717) is 28.0 Å². The summed E-state index contributed by atoms with van der Waals surface area (Å²) in [6, 6.07) is 12.8. The number of aryl methyl sites for hydroxylation is 1. The van der Waals surface area contributed by atoms with Crippen LogP contribution in [0.25, 0.3) is 21.9 Å². The van der Waals surface area contributed by atoms with Crippen molar-refractivity contribution in [2.24, 2.45) is 0 Å². The second-order valence-electron chi connectivity index (χ2n) is 6.57. The highest BCUT2D eigenvalue weighted by Gasteiger charge is 2.21. The third kappa shape index (κ3) is 3.85. The molecule has 0 saturated carbocycles. The average Bonchev–Trinajstić information content (AvgIpc) is 3.22. The van der Waals surface area contributed by atoms with E-state index in [1.54, 1.807) is 18.2 Å². The van der Waals surface area contributed by atoms with Crippen molar-refractivity contribution in [3.63, 3.8) is 0 Å². The van der Waals surface area contributed by atoms with E-state index in [0.717, 1.165) is 28.2 Å². The van der Waals surface area contributed by atoms with Crippen LogP contribution in [0.5, 0.6) is 0 Å². The van der Waals surface area contributed by atoms with Crippen LogP contribution in [0.3, 0.4) is 0 Å². The van der Waals surface area contributed by atoms with Gasteiger partial charge in [0.15, 0.2) is 6.61 Å². The monoisotopic (exact) mass is 422 g/mol. The first-order valence-electron chi connectivity index (χ1n) is 9.14. The van der Waals surface area contributed by atoms with Gasteiger partial charge in [-0.2, -0.15) is 8.75 Å². The van der Waals surface area contributed by atoms with Crippen LogP contribution in [0, 0.1) is 6.92 Å². The zero-order valence-corrected chi connectivity index (χ0v) is 17.2. The maximum atomic E-state index is 12.8. The van der Waals surface area contributed by atoms with E-state index in [1.807, 2.05) is 31.2 Å². The zero-order valence-electron chi connectivity index (χ0n) is 16.3. The van der Waals surface area contributed by atoms with Gasteiger partial charge in [-0.05, 0) is 30.7 Å². The summed E-state index contributed by atoms with van der Waals surface area (Å²) >= 11 is 1.06. The summed E-state index contributed by atoms with van der Waals surface area (Å²) in [5, 5.41) is 3.55. The van der Waals surface area contributed by atoms with Gasteiger partial charge in [0.25, 0.3) is 5.91 Å². The lowest BCUT2D eigenvalue weighted by Crippen LogP contribution is -2.22. The first kappa shape index (κ1) is 19.9. The molecule has 4 rings (SSSR count). The van der Waals surface area contributed by atoms with Gasteiger partial charge in [0.2, 0.25) is 0 Å². The number of ether oxygens (including phenoxy) is 2. The number of benzene rings is 2. The Morgan fingerprint density at radius 1 is 1.07 bits per heavy atom. The van der Waals surface area contributed by atoms with Crippen molar-refractivity contribution < 1.29 is 19.1 Å². The molecule has 0 atom stereocenters. The van der Waals surface area contributed by atoms with E-state index in [4.69, 9.17) is 9.47 Å². The van der Waals surface area contributed by atoms with Gasteiger partial charge in [-0.15, -0.1) is 0 Å². The maximum absolute atomic E-state index is 12.8. The van der Waals surface area contributed by atoms with Crippen molar-refractivity contribution in [3.8, 4) is 0 Å². The predicted molar refractivity (Wildman–Crippen MR) is 114 cm³/mol. The predicted octanol–water partition coefficient (Wildman–Crippen LogP) is 3.49. The molecule has 0 bridgehead atoms. The fraction of sp³-hybridized carbons (Fsp3) is 0.190. The number of carbonyl (C=O) groups excluding carboxylic acids is 2. The summed E-state index contributed by atoms with van der Waals surface area (Å²) in [6.45, 7) is 1.54. The van der Waals surface area contributed by atoms with Crippen LogP contribution in [0.1, 0.15) is 21.6 Å². The minimum atomic E-state index is -0.624. The summed E-state index contributed by atoms with van der Waals surface area (Å²) in [6.07, 6.45) is 0. The molecule has 0 spiro atoms. The smallest absolute Gasteiger partial charge is 0.340 e. The lowest BCUT2D eigenvalue weighted by molar-refractivity contribution is -0.119. The Kier molecular flexibility index (Phi) is 5.64. The van der Waals surface area contributed by atoms with Crippen molar-refractivity contribution in [3.05, 3.63) is 59.3 Å². The topological polar surface area (TPSA) is 103 Å². The van der Waals surface area contributed by atoms with Crippen molar-refractivity contribution in [1.82, 2.24) is 13.7 Å². The highest BCUT2D eigenvalue weighted by Crippen LogP contribution is 2.24. The number of esters is 1. The number of nitrogens with zero attached hydrogens (tertiary/aromatic N) is 3. The van der Waals surface area contributed by atoms with Crippen LogP contribution in [-0.4, -0.2) is 39.3 Å². The molecule has 1 amide bonds. The summed E-state index contributed by atoms with van der Waals surface area (Å²) in [7, 11) is 1.53. The number of hydrogen-bond donors (Lipinski definition) is 1. The molecule has 2 aromatic carbocycles. The zero-order chi connectivity index (χ0) is 21.1. The van der Waals surface area contributed by atoms with Gasteiger partial charge >= 0.3 is 5.97 Å². The molecule has 2 heterocycles. The van der Waals surface area contributed by atoms with Crippen LogP contribution in [0.2, 0.25) is 0 Å². The molecule has 0 aliphatic carbocycles. The van der Waals surface area contributed by atoms with Gasteiger partial charge in [0.05, 0.1) is 40.8 Å². The number of aromatic nitrogens is 3. The number of amides is 1. The quantitative estimate of drug-likeness (QED) is 0.474. The SMILES string of the molecule is COCc1nc2ccccc2c(C)c1C(=O)OCC(=O)Nc1cccc2nsnc12. The molecular formula is C21H18N4O4S. The van der Waals surface area contributed by atoms with Crippen LogP contribution in [0.15, 0.2) is 42.5 Å². The molecule has 0 radical (unpaired) electrons. The van der Waals surface area contributed by atoms with Crippen LogP contribution in [-0.2, 0) is 20.9 Å². The van der Waals surface area contributed by atoms with Gasteiger partial charge in [0.1, 0.15) is 11.0 Å². The third-order valence-corrected chi connectivity index (χ3v) is 5.15.